The van der Waals surface area contributed by atoms with Gasteiger partial charge in [-0.25, -0.2) is 0 Å². The van der Waals surface area contributed by atoms with Crippen molar-refractivity contribution in [1.29, 1.82) is 0 Å². The van der Waals surface area contributed by atoms with Gasteiger partial charge in [-0.15, -0.1) is 0 Å². The minimum absolute atomic E-state index is 0.177. The Morgan fingerprint density at radius 1 is 1.04 bits per heavy atom. The Hall–Kier alpha value is -1.37. The van der Waals surface area contributed by atoms with E-state index in [-0.39, 0.29) is 10.8 Å². The molecule has 0 spiro atoms. The Labute approximate surface area is 148 Å². The molecule has 1 aliphatic carbocycles. The van der Waals surface area contributed by atoms with Gasteiger partial charge in [-0.1, -0.05) is 78.2 Å². The van der Waals surface area contributed by atoms with Gasteiger partial charge in [0, 0.05) is 5.57 Å². The fourth-order valence-electron chi connectivity index (χ4n) is 3.79. The molecule has 0 N–H and O–H groups in total. The SMILES string of the molecule is CCCCCC/C=C(/[C]=O)c1ccc2c(c1)C(C)(C)CCC2(C)C. The molecule has 0 aliphatic heterocycles. The standard InChI is InChI=1S/C23H33O/c1-6-7-8-9-10-11-19(17-24)18-12-13-20-21(16-18)23(4,5)15-14-22(20,2)3/h11-13,16H,6-10,14-15H2,1-5H3/b19-11-. The van der Waals surface area contributed by atoms with Gasteiger partial charge < -0.3 is 0 Å². The second kappa shape index (κ2) is 7.68. The van der Waals surface area contributed by atoms with Gasteiger partial charge in [0.1, 0.15) is 0 Å². The summed E-state index contributed by atoms with van der Waals surface area (Å²) in [6, 6.07) is 6.61. The van der Waals surface area contributed by atoms with Crippen LogP contribution in [0.3, 0.4) is 0 Å². The summed E-state index contributed by atoms with van der Waals surface area (Å²) in [7, 11) is 0. The molecule has 0 atom stereocenters. The van der Waals surface area contributed by atoms with Gasteiger partial charge in [0.25, 0.3) is 0 Å². The number of rotatable bonds is 7. The van der Waals surface area contributed by atoms with E-state index in [1.807, 2.05) is 0 Å². The van der Waals surface area contributed by atoms with Gasteiger partial charge in [0.05, 0.1) is 0 Å². The zero-order chi connectivity index (χ0) is 17.8. The Balaban J connectivity index is 2.28. The second-order valence-electron chi connectivity index (χ2n) is 8.60. The molecule has 131 valence electrons. The predicted molar refractivity (Wildman–Crippen MR) is 104 cm³/mol. The van der Waals surface area contributed by atoms with E-state index in [0.717, 1.165) is 24.0 Å². The highest BCUT2D eigenvalue weighted by Gasteiger charge is 2.37. The summed E-state index contributed by atoms with van der Waals surface area (Å²) in [5.41, 5.74) is 5.01. The molecule has 24 heavy (non-hydrogen) atoms. The molecule has 0 bridgehead atoms. The topological polar surface area (TPSA) is 17.1 Å². The predicted octanol–water partition coefficient (Wildman–Crippen LogP) is 6.50. The Kier molecular flexibility index (Phi) is 6.06. The number of benzene rings is 1. The molecule has 1 aliphatic rings. The van der Waals surface area contributed by atoms with Crippen LogP contribution in [0.1, 0.15) is 96.3 Å². The van der Waals surface area contributed by atoms with E-state index in [0.29, 0.717) is 0 Å². The normalized spacial score (nSPS) is 19.0. The van der Waals surface area contributed by atoms with Crippen molar-refractivity contribution in [3.05, 3.63) is 41.0 Å². The van der Waals surface area contributed by atoms with Gasteiger partial charge in [0.15, 0.2) is 0 Å². The molecule has 0 saturated heterocycles. The van der Waals surface area contributed by atoms with E-state index < -0.39 is 0 Å². The molecule has 0 fully saturated rings. The van der Waals surface area contributed by atoms with Crippen LogP contribution in [-0.4, -0.2) is 6.29 Å². The average molecular weight is 326 g/mol. The fraction of sp³-hybridized carbons (Fsp3) is 0.609. The molecule has 1 nitrogen and oxygen atoms in total. The van der Waals surface area contributed by atoms with E-state index in [1.54, 1.807) is 0 Å². The van der Waals surface area contributed by atoms with Crippen molar-refractivity contribution in [2.45, 2.75) is 90.4 Å². The summed E-state index contributed by atoms with van der Waals surface area (Å²) in [6.45, 7) is 11.5. The average Bonchev–Trinajstić information content (AvgIpc) is 2.55. The number of carbonyl (C=O) groups excluding carboxylic acids is 1. The number of unbranched alkanes of at least 4 members (excludes halogenated alkanes) is 4. The Bertz CT molecular complexity index is 604. The smallest absolute Gasteiger partial charge is 0.233 e. The highest BCUT2D eigenvalue weighted by molar-refractivity contribution is 6.07. The van der Waals surface area contributed by atoms with Gasteiger partial charge in [0.2, 0.25) is 6.29 Å². The van der Waals surface area contributed by atoms with Crippen molar-refractivity contribution in [1.82, 2.24) is 0 Å². The highest BCUT2D eigenvalue weighted by atomic mass is 16.1. The third-order valence-electron chi connectivity index (χ3n) is 5.68. The van der Waals surface area contributed by atoms with Crippen molar-refractivity contribution < 1.29 is 4.79 Å². The monoisotopic (exact) mass is 325 g/mol. The maximum absolute atomic E-state index is 11.5. The van der Waals surface area contributed by atoms with Crippen molar-refractivity contribution in [3.63, 3.8) is 0 Å². The minimum atomic E-state index is 0.177. The summed E-state index contributed by atoms with van der Waals surface area (Å²) in [6.07, 6.45) is 12.5. The van der Waals surface area contributed by atoms with E-state index in [2.05, 4.69) is 65.2 Å². The molecule has 0 amide bonds. The first kappa shape index (κ1) is 19.0. The van der Waals surface area contributed by atoms with Crippen LogP contribution in [0.15, 0.2) is 24.3 Å². The molecule has 0 heterocycles. The van der Waals surface area contributed by atoms with Crippen molar-refractivity contribution in [2.75, 3.05) is 0 Å². The third-order valence-corrected chi connectivity index (χ3v) is 5.68. The van der Waals surface area contributed by atoms with Crippen LogP contribution in [0.5, 0.6) is 0 Å². The molecule has 0 unspecified atom stereocenters. The highest BCUT2D eigenvalue weighted by Crippen LogP contribution is 2.46. The van der Waals surface area contributed by atoms with Gasteiger partial charge in [-0.3, -0.25) is 4.79 Å². The summed E-state index contributed by atoms with van der Waals surface area (Å²) >= 11 is 0. The van der Waals surface area contributed by atoms with Gasteiger partial charge in [-0.05, 0) is 53.2 Å². The largest absolute Gasteiger partial charge is 0.285 e. The van der Waals surface area contributed by atoms with Crippen molar-refractivity contribution >= 4 is 11.9 Å². The van der Waals surface area contributed by atoms with Gasteiger partial charge in [-0.2, -0.15) is 0 Å². The maximum Gasteiger partial charge on any atom is 0.233 e. The van der Waals surface area contributed by atoms with Crippen LogP contribution in [0, 0.1) is 0 Å². The number of hydrogen-bond donors (Lipinski definition) is 0. The number of allylic oxidation sites excluding steroid dienone is 2. The second-order valence-corrected chi connectivity index (χ2v) is 8.60. The van der Waals surface area contributed by atoms with Crippen LogP contribution in [0.25, 0.3) is 5.57 Å². The fourth-order valence-corrected chi connectivity index (χ4v) is 3.79. The number of fused-ring (bicyclic) bond motifs is 1. The van der Waals surface area contributed by atoms with E-state index in [1.165, 1.54) is 43.2 Å². The minimum Gasteiger partial charge on any atom is -0.285 e. The summed E-state index contributed by atoms with van der Waals surface area (Å²) in [4.78, 5) is 11.5. The van der Waals surface area contributed by atoms with Gasteiger partial charge >= 0.3 is 0 Å². The number of hydrogen-bond acceptors (Lipinski definition) is 1. The lowest BCUT2D eigenvalue weighted by Crippen LogP contribution is -2.33. The van der Waals surface area contributed by atoms with E-state index in [9.17, 15) is 4.79 Å². The summed E-state index contributed by atoms with van der Waals surface area (Å²) in [5.74, 6) is 0. The first-order chi connectivity index (χ1) is 11.3. The Morgan fingerprint density at radius 3 is 2.33 bits per heavy atom. The van der Waals surface area contributed by atoms with E-state index in [4.69, 9.17) is 0 Å². The molecule has 1 aromatic carbocycles. The van der Waals surface area contributed by atoms with Crippen LogP contribution in [0.2, 0.25) is 0 Å². The van der Waals surface area contributed by atoms with Crippen LogP contribution >= 0.6 is 0 Å². The molecular weight excluding hydrogens is 292 g/mol. The lowest BCUT2D eigenvalue weighted by Gasteiger charge is -2.42. The lowest BCUT2D eigenvalue weighted by atomic mass is 9.63. The van der Waals surface area contributed by atoms with E-state index >= 15 is 0 Å². The third kappa shape index (κ3) is 4.18. The van der Waals surface area contributed by atoms with Crippen LogP contribution < -0.4 is 0 Å². The zero-order valence-corrected chi connectivity index (χ0v) is 16.2. The molecule has 0 saturated carbocycles. The zero-order valence-electron chi connectivity index (χ0n) is 16.2. The lowest BCUT2D eigenvalue weighted by molar-refractivity contribution is 0.332. The van der Waals surface area contributed by atoms with Crippen LogP contribution in [-0.2, 0) is 15.6 Å². The molecular formula is C23H33O. The molecule has 1 radical (unpaired) electrons. The summed E-state index contributed by atoms with van der Waals surface area (Å²) < 4.78 is 0. The van der Waals surface area contributed by atoms with Crippen molar-refractivity contribution in [2.24, 2.45) is 0 Å². The quantitative estimate of drug-likeness (QED) is 0.413. The molecule has 0 aromatic heterocycles. The molecule has 2 rings (SSSR count). The molecule has 1 aromatic rings. The maximum atomic E-state index is 11.5. The summed E-state index contributed by atoms with van der Waals surface area (Å²) in [5, 5.41) is 0. The van der Waals surface area contributed by atoms with Crippen LogP contribution in [0.4, 0.5) is 0 Å². The first-order valence-electron chi connectivity index (χ1n) is 9.55. The Morgan fingerprint density at radius 2 is 1.71 bits per heavy atom. The van der Waals surface area contributed by atoms with Crippen molar-refractivity contribution in [3.8, 4) is 0 Å². The first-order valence-corrected chi connectivity index (χ1v) is 9.55. The molecule has 1 heteroatoms.